The van der Waals surface area contributed by atoms with Gasteiger partial charge < -0.3 is 14.3 Å². The molecule has 0 fully saturated rings. The van der Waals surface area contributed by atoms with Crippen LogP contribution < -0.4 is 4.74 Å². The molecule has 2 aromatic rings. The molecule has 0 aliphatic heterocycles. The molecule has 0 saturated carbocycles. The van der Waals surface area contributed by atoms with Crippen LogP contribution in [0.25, 0.3) is 11.0 Å². The van der Waals surface area contributed by atoms with Gasteiger partial charge in [-0.1, -0.05) is 20.8 Å². The van der Waals surface area contributed by atoms with Gasteiger partial charge in [-0.2, -0.15) is 0 Å². The molecule has 0 bridgehead atoms. The minimum absolute atomic E-state index is 0.281. The number of aliphatic hydroxyl groups is 1. The second-order valence-corrected chi connectivity index (χ2v) is 7.18. The molecule has 1 aromatic heterocycles. The Labute approximate surface area is 129 Å². The second-order valence-electron chi connectivity index (χ2n) is 5.53. The van der Waals surface area contributed by atoms with Crippen molar-refractivity contribution in [3.63, 3.8) is 0 Å². The molecular formula is C14H16Br2O3. The number of methoxy groups -OCH3 is 1. The van der Waals surface area contributed by atoms with Crippen LogP contribution in [-0.4, -0.2) is 12.2 Å². The lowest BCUT2D eigenvalue weighted by Crippen LogP contribution is -2.16. The van der Waals surface area contributed by atoms with Gasteiger partial charge in [0.05, 0.1) is 16.1 Å². The lowest BCUT2D eigenvalue weighted by Gasteiger charge is -2.23. The van der Waals surface area contributed by atoms with Crippen LogP contribution in [0.2, 0.25) is 0 Å². The van der Waals surface area contributed by atoms with Crippen molar-refractivity contribution in [3.8, 4) is 5.75 Å². The number of ether oxygens (including phenoxy) is 1. The number of benzene rings is 1. The van der Waals surface area contributed by atoms with Gasteiger partial charge >= 0.3 is 0 Å². The monoisotopic (exact) mass is 390 g/mol. The Morgan fingerprint density at radius 3 is 2.42 bits per heavy atom. The fraction of sp³-hybridized carbons (Fsp3) is 0.429. The van der Waals surface area contributed by atoms with E-state index in [9.17, 15) is 5.11 Å². The highest BCUT2D eigenvalue weighted by Gasteiger charge is 2.28. The van der Waals surface area contributed by atoms with E-state index >= 15 is 0 Å². The predicted molar refractivity (Wildman–Crippen MR) is 82.6 cm³/mol. The second kappa shape index (κ2) is 5.11. The molecule has 0 aliphatic rings. The molecule has 0 spiro atoms. The Morgan fingerprint density at radius 2 is 1.89 bits per heavy atom. The molecule has 2 rings (SSSR count). The number of fused-ring (bicyclic) bond motifs is 1. The highest BCUT2D eigenvalue weighted by atomic mass is 79.9. The molecule has 0 amide bonds. The molecule has 3 nitrogen and oxygen atoms in total. The van der Waals surface area contributed by atoms with E-state index in [-0.39, 0.29) is 5.41 Å². The summed E-state index contributed by atoms with van der Waals surface area (Å²) in [6.45, 7) is 5.90. The van der Waals surface area contributed by atoms with E-state index in [1.165, 1.54) is 0 Å². The summed E-state index contributed by atoms with van der Waals surface area (Å²) in [5, 5.41) is 11.2. The quantitative estimate of drug-likeness (QED) is 0.779. The lowest BCUT2D eigenvalue weighted by molar-refractivity contribution is 0.0448. The van der Waals surface area contributed by atoms with Gasteiger partial charge in [0, 0.05) is 5.39 Å². The average molecular weight is 392 g/mol. The Balaban J connectivity index is 2.64. The van der Waals surface area contributed by atoms with E-state index in [0.29, 0.717) is 11.3 Å². The molecular weight excluding hydrogens is 376 g/mol. The van der Waals surface area contributed by atoms with Crippen LogP contribution in [0.4, 0.5) is 0 Å². The molecule has 0 radical (unpaired) electrons. The summed E-state index contributed by atoms with van der Waals surface area (Å²) in [5.74, 6) is 1.27. The number of furan rings is 1. The van der Waals surface area contributed by atoms with E-state index in [4.69, 9.17) is 9.15 Å². The number of rotatable bonds is 2. The van der Waals surface area contributed by atoms with Crippen LogP contribution in [0.5, 0.6) is 5.75 Å². The zero-order chi connectivity index (χ0) is 14.4. The van der Waals surface area contributed by atoms with Gasteiger partial charge in [0.15, 0.2) is 0 Å². The van der Waals surface area contributed by atoms with Gasteiger partial charge in [-0.3, -0.25) is 0 Å². The first kappa shape index (κ1) is 14.9. The first-order chi connectivity index (χ1) is 8.75. The van der Waals surface area contributed by atoms with Gasteiger partial charge in [0.25, 0.3) is 0 Å². The largest absolute Gasteiger partial charge is 0.496 e. The van der Waals surface area contributed by atoms with Crippen molar-refractivity contribution >= 4 is 42.8 Å². The Morgan fingerprint density at radius 1 is 1.26 bits per heavy atom. The van der Waals surface area contributed by atoms with Crippen molar-refractivity contribution in [3.05, 3.63) is 26.8 Å². The van der Waals surface area contributed by atoms with Crippen molar-refractivity contribution in [1.82, 2.24) is 0 Å². The van der Waals surface area contributed by atoms with Gasteiger partial charge in [-0.15, -0.1) is 0 Å². The van der Waals surface area contributed by atoms with Crippen LogP contribution in [0.3, 0.4) is 0 Å². The number of hydrogen-bond acceptors (Lipinski definition) is 3. The maximum atomic E-state index is 10.3. The summed E-state index contributed by atoms with van der Waals surface area (Å²) in [7, 11) is 1.61. The zero-order valence-electron chi connectivity index (χ0n) is 11.3. The van der Waals surface area contributed by atoms with Gasteiger partial charge in [-0.25, -0.2) is 0 Å². The van der Waals surface area contributed by atoms with Crippen LogP contribution in [0.1, 0.15) is 32.6 Å². The van der Waals surface area contributed by atoms with Gasteiger partial charge in [-0.05, 0) is 49.4 Å². The van der Waals surface area contributed by atoms with Gasteiger partial charge in [0.1, 0.15) is 23.2 Å². The van der Waals surface area contributed by atoms with Crippen molar-refractivity contribution in [1.29, 1.82) is 0 Å². The summed E-state index contributed by atoms with van der Waals surface area (Å²) in [6.07, 6.45) is -0.662. The zero-order valence-corrected chi connectivity index (χ0v) is 14.4. The molecule has 19 heavy (non-hydrogen) atoms. The third-order valence-electron chi connectivity index (χ3n) is 2.99. The standard InChI is InChI=1S/C14H16Br2O3/c1-14(2,3)13(17)10-5-7-11(16)9(18-4)6-8(15)12(7)19-10/h5-6,13,17H,1-4H3. The Hall–Kier alpha value is -0.520. The van der Waals surface area contributed by atoms with E-state index in [0.717, 1.165) is 20.1 Å². The first-order valence-corrected chi connectivity index (χ1v) is 7.47. The van der Waals surface area contributed by atoms with Crippen LogP contribution in [-0.2, 0) is 0 Å². The minimum atomic E-state index is -0.662. The predicted octanol–water partition coefficient (Wildman–Crippen LogP) is 5.05. The van der Waals surface area contributed by atoms with Crippen LogP contribution >= 0.6 is 31.9 Å². The molecule has 5 heteroatoms. The SMILES string of the molecule is COc1cc(Br)c2oc(C(O)C(C)(C)C)cc2c1Br. The Kier molecular flexibility index (Phi) is 4.00. The van der Waals surface area contributed by atoms with Gasteiger partial charge in [0.2, 0.25) is 0 Å². The van der Waals surface area contributed by atoms with Crippen molar-refractivity contribution in [2.45, 2.75) is 26.9 Å². The third-order valence-corrected chi connectivity index (χ3v) is 4.40. The lowest BCUT2D eigenvalue weighted by atomic mass is 9.88. The highest BCUT2D eigenvalue weighted by Crippen LogP contribution is 2.43. The van der Waals surface area contributed by atoms with Crippen molar-refractivity contribution in [2.75, 3.05) is 7.11 Å². The Bertz CT molecular complexity index is 611. The molecule has 104 valence electrons. The normalized spacial score (nSPS) is 13.8. The fourth-order valence-electron chi connectivity index (χ4n) is 1.84. The van der Waals surface area contributed by atoms with Crippen molar-refractivity contribution < 1.29 is 14.3 Å². The average Bonchev–Trinajstić information content (AvgIpc) is 2.77. The molecule has 1 heterocycles. The van der Waals surface area contributed by atoms with Crippen molar-refractivity contribution in [2.24, 2.45) is 5.41 Å². The third kappa shape index (κ3) is 2.69. The van der Waals surface area contributed by atoms with E-state index in [1.54, 1.807) is 7.11 Å². The topological polar surface area (TPSA) is 42.6 Å². The van der Waals surface area contributed by atoms with Crippen LogP contribution in [0, 0.1) is 5.41 Å². The number of aliphatic hydroxyl groups excluding tert-OH is 1. The number of hydrogen-bond donors (Lipinski definition) is 1. The smallest absolute Gasteiger partial charge is 0.150 e. The molecule has 0 saturated heterocycles. The minimum Gasteiger partial charge on any atom is -0.496 e. The maximum absolute atomic E-state index is 10.3. The fourth-order valence-corrected chi connectivity index (χ4v) is 2.91. The molecule has 1 aromatic carbocycles. The molecule has 0 aliphatic carbocycles. The highest BCUT2D eigenvalue weighted by molar-refractivity contribution is 9.11. The van der Waals surface area contributed by atoms with E-state index in [1.807, 2.05) is 32.9 Å². The summed E-state index contributed by atoms with van der Waals surface area (Å²) >= 11 is 6.96. The summed E-state index contributed by atoms with van der Waals surface area (Å²) in [6, 6.07) is 3.69. The summed E-state index contributed by atoms with van der Waals surface area (Å²) in [4.78, 5) is 0. The maximum Gasteiger partial charge on any atom is 0.150 e. The van der Waals surface area contributed by atoms with E-state index in [2.05, 4.69) is 31.9 Å². The molecule has 1 unspecified atom stereocenters. The van der Waals surface area contributed by atoms with Crippen LogP contribution in [0.15, 0.2) is 25.5 Å². The number of halogens is 2. The molecule has 1 N–H and O–H groups in total. The first-order valence-electron chi connectivity index (χ1n) is 5.89. The summed E-state index contributed by atoms with van der Waals surface area (Å²) < 4.78 is 12.7. The molecule has 1 atom stereocenters. The van der Waals surface area contributed by atoms with E-state index < -0.39 is 6.10 Å². The summed E-state index contributed by atoms with van der Waals surface area (Å²) in [5.41, 5.74) is 0.419.